The number of halogens is 2. The molecule has 0 amide bonds. The summed E-state index contributed by atoms with van der Waals surface area (Å²) in [7, 11) is 0. The third kappa shape index (κ3) is 9.17. The van der Waals surface area contributed by atoms with E-state index >= 15 is 0 Å². The van der Waals surface area contributed by atoms with Crippen LogP contribution >= 0.6 is 31.9 Å². The van der Waals surface area contributed by atoms with Gasteiger partial charge in [0.25, 0.3) is 0 Å². The van der Waals surface area contributed by atoms with Gasteiger partial charge in [0.1, 0.15) is 11.6 Å². The minimum atomic E-state index is 0. The first kappa shape index (κ1) is 57.2. The Kier molecular flexibility index (Phi) is 13.7. The smallest absolute Gasteiger partial charge is 0.139 e. The monoisotopic (exact) mass is 1340 g/mol. The van der Waals surface area contributed by atoms with Crippen molar-refractivity contribution in [2.45, 2.75) is 6.42 Å². The topological polar surface area (TPSA) is 122 Å². The average molecular weight is 1340 g/mol. The summed E-state index contributed by atoms with van der Waals surface area (Å²) in [5.74, 6) is 1.50. The normalized spacial score (nSPS) is 11.7. The molecule has 446 valence electrons. The van der Waals surface area contributed by atoms with Crippen molar-refractivity contribution in [3.8, 4) is 40.6 Å². The van der Waals surface area contributed by atoms with Crippen LogP contribution in [0, 0.1) is 22.7 Å². The van der Waals surface area contributed by atoms with Crippen molar-refractivity contribution in [2.75, 3.05) is 0 Å². The first-order valence-corrected chi connectivity index (χ1v) is 32.8. The Morgan fingerprint density at radius 1 is 0.316 bits per heavy atom. The molecule has 0 atom stereocenters. The summed E-state index contributed by atoms with van der Waals surface area (Å²) in [5, 5.41) is 38.7. The van der Waals surface area contributed by atoms with Crippen molar-refractivity contribution in [1.29, 1.82) is 10.5 Å². The van der Waals surface area contributed by atoms with Crippen LogP contribution in [0.5, 0.6) is 0 Å². The lowest BCUT2D eigenvalue weighted by Crippen LogP contribution is -1.99. The predicted molar refractivity (Wildman–Crippen MR) is 401 cm³/mol. The third-order valence-corrected chi connectivity index (χ3v) is 19.9. The van der Waals surface area contributed by atoms with Crippen LogP contribution in [0.1, 0.15) is 22.3 Å². The molecule has 1 aliphatic carbocycles. The van der Waals surface area contributed by atoms with E-state index in [1.807, 2.05) is 66.7 Å². The number of para-hydroxylation sites is 5. The van der Waals surface area contributed by atoms with Crippen molar-refractivity contribution in [1.82, 2.24) is 23.7 Å². The average Bonchev–Trinajstić information content (AvgIpc) is 1.59. The van der Waals surface area contributed by atoms with Gasteiger partial charge in [-0.25, -0.2) is 9.97 Å². The second-order valence-corrected chi connectivity index (χ2v) is 25.9. The van der Waals surface area contributed by atoms with E-state index in [2.05, 4.69) is 276 Å². The van der Waals surface area contributed by atoms with Crippen LogP contribution in [-0.4, -0.2) is 23.7 Å². The van der Waals surface area contributed by atoms with Gasteiger partial charge >= 0.3 is 0 Å². The molecule has 0 fully saturated rings. The number of hydrogen-bond acceptors (Lipinski definition) is 4. The van der Waals surface area contributed by atoms with Gasteiger partial charge in [0.15, 0.2) is 0 Å². The molecule has 2 N–H and O–H groups in total. The quantitative estimate of drug-likeness (QED) is 0.175. The van der Waals surface area contributed by atoms with Crippen molar-refractivity contribution >= 4 is 162 Å². The summed E-state index contributed by atoms with van der Waals surface area (Å²) in [6, 6.07) is 105. The zero-order valence-electron chi connectivity index (χ0n) is 50.8. The number of fused-ring (bicyclic) bond motifs is 22. The van der Waals surface area contributed by atoms with E-state index in [4.69, 9.17) is 9.97 Å². The van der Waals surface area contributed by atoms with E-state index in [1.54, 1.807) is 0 Å². The van der Waals surface area contributed by atoms with Crippen LogP contribution in [0.25, 0.3) is 165 Å². The SMILES string of the molecule is Brc1ccc2c3c(ccc2c1)Cc1ccccc1-3.N#Cc1cc(-n2c3ccccc3c3c4ccc(-n5c6ccccc6c6c7ccccc7ccc65)cc4ccc32)nc2ccccc12.N#Cc1cc(-n2c3ccccc3c3c4ccc(Br)cc4ccc32)nc2ccccc12.[NH2-]. The Labute approximate surface area is 561 Å². The lowest BCUT2D eigenvalue weighted by Gasteiger charge is -2.11. The maximum atomic E-state index is 10.0. The summed E-state index contributed by atoms with van der Waals surface area (Å²) in [4.78, 5) is 9.97. The maximum Gasteiger partial charge on any atom is 0.139 e. The minimum absolute atomic E-state index is 0. The first-order valence-electron chi connectivity index (χ1n) is 31.2. The van der Waals surface area contributed by atoms with Crippen LogP contribution in [-0.2, 0) is 6.42 Å². The number of rotatable bonds is 3. The molecule has 5 aromatic heterocycles. The summed E-state index contributed by atoms with van der Waals surface area (Å²) < 4.78 is 8.96. The number of nitrogens with two attached hydrogens (primary N) is 1. The molecule has 0 saturated heterocycles. The maximum absolute atomic E-state index is 10.0. The number of aromatic nitrogens is 5. The van der Waals surface area contributed by atoms with Gasteiger partial charge in [0.05, 0.1) is 67.4 Å². The highest BCUT2D eigenvalue weighted by molar-refractivity contribution is 9.10. The highest BCUT2D eigenvalue weighted by atomic mass is 79.9. The molecule has 0 saturated carbocycles. The number of benzene rings is 14. The Hall–Kier alpha value is -11.8. The van der Waals surface area contributed by atoms with Gasteiger partial charge in [0.2, 0.25) is 0 Å². The molecule has 0 unspecified atom stereocenters. The standard InChI is InChI=1S/C42H24N4.C26H14BrN3.C17H11Br.H2N/c43-25-28-24-40(44-35-14-6-3-10-30(28)35)46-37-16-8-5-13-34(37)42-32-20-19-29(23-27(32)18-22-39(42)46)45-36-15-7-4-12-33(36)41-31-11-2-1-9-26(31)17-21-38(41)45;27-18-10-11-20-16(13-18)9-12-24-26(20)21-6-2-4-8-23(21)30(24)25-14-17(15-28)19-5-1-3-7-22(19)29-25;18-14-7-8-16-12(10-14)5-6-13-9-11-3-1-2-4-15(11)17(13)16;/h1-24H;1-14H;1-8,10H,9H2;1H2/q;;;-1. The highest BCUT2D eigenvalue weighted by Gasteiger charge is 2.23. The van der Waals surface area contributed by atoms with E-state index in [0.717, 1.165) is 81.9 Å². The van der Waals surface area contributed by atoms with Crippen molar-refractivity contribution in [2.24, 2.45) is 0 Å². The first-order chi connectivity index (χ1) is 46.3. The minimum Gasteiger partial charge on any atom is -0.693 e. The molecule has 0 radical (unpaired) electrons. The lowest BCUT2D eigenvalue weighted by atomic mass is 9.98. The van der Waals surface area contributed by atoms with Crippen LogP contribution in [0.2, 0.25) is 0 Å². The molecule has 19 aromatic rings. The Morgan fingerprint density at radius 2 is 0.726 bits per heavy atom. The van der Waals surface area contributed by atoms with E-state index in [1.165, 1.54) is 103 Å². The van der Waals surface area contributed by atoms with E-state index in [-0.39, 0.29) is 6.15 Å². The Bertz CT molecular complexity index is 6540. The van der Waals surface area contributed by atoms with Crippen molar-refractivity contribution in [3.63, 3.8) is 0 Å². The van der Waals surface area contributed by atoms with Gasteiger partial charge < -0.3 is 10.7 Å². The fraction of sp³-hybridized carbons (Fsp3) is 0.0118. The molecule has 10 heteroatoms. The van der Waals surface area contributed by atoms with Gasteiger partial charge in [-0.2, -0.15) is 10.5 Å². The second-order valence-electron chi connectivity index (χ2n) is 24.0. The lowest BCUT2D eigenvalue weighted by molar-refractivity contribution is 1.10. The van der Waals surface area contributed by atoms with Crippen LogP contribution in [0.15, 0.2) is 294 Å². The molecule has 20 rings (SSSR count). The van der Waals surface area contributed by atoms with Gasteiger partial charge in [0, 0.05) is 57.7 Å². The number of hydrogen-bond donors (Lipinski definition) is 0. The summed E-state index contributed by atoms with van der Waals surface area (Å²) in [5.41, 5.74) is 16.4. The van der Waals surface area contributed by atoms with Crippen LogP contribution in [0.3, 0.4) is 0 Å². The summed E-state index contributed by atoms with van der Waals surface area (Å²) in [6.07, 6.45) is 1.07. The zero-order valence-corrected chi connectivity index (χ0v) is 54.0. The number of nitrogens with zero attached hydrogens (tertiary/aromatic N) is 7. The molecule has 5 heterocycles. The highest BCUT2D eigenvalue weighted by Crippen LogP contribution is 2.44. The molecule has 0 bridgehead atoms. The van der Waals surface area contributed by atoms with Crippen molar-refractivity contribution in [3.05, 3.63) is 322 Å². The van der Waals surface area contributed by atoms with Gasteiger partial charge in [-0.05, 0) is 169 Å². The Balaban J connectivity index is 0.000000119. The molecule has 14 aromatic carbocycles. The summed E-state index contributed by atoms with van der Waals surface area (Å²) >= 11 is 7.13. The van der Waals surface area contributed by atoms with Gasteiger partial charge in [-0.15, -0.1) is 0 Å². The van der Waals surface area contributed by atoms with Crippen molar-refractivity contribution < 1.29 is 0 Å². The van der Waals surface area contributed by atoms with E-state index < -0.39 is 0 Å². The van der Waals surface area contributed by atoms with Crippen LogP contribution in [0.4, 0.5) is 0 Å². The number of pyridine rings is 2. The molecular weight excluding hydrogens is 1290 g/mol. The molecular formula is C85H51Br2N8-. The van der Waals surface area contributed by atoms with Gasteiger partial charge in [-0.1, -0.05) is 220 Å². The third-order valence-electron chi connectivity index (χ3n) is 18.9. The molecule has 1 aliphatic rings. The second kappa shape index (κ2) is 22.8. The summed E-state index contributed by atoms with van der Waals surface area (Å²) in [6.45, 7) is 0. The number of nitriles is 2. The molecule has 8 nitrogen and oxygen atoms in total. The van der Waals surface area contributed by atoms with E-state index in [9.17, 15) is 10.5 Å². The van der Waals surface area contributed by atoms with Gasteiger partial charge in [-0.3, -0.25) is 9.13 Å². The fourth-order valence-electron chi connectivity index (χ4n) is 14.9. The fourth-order valence-corrected chi connectivity index (χ4v) is 15.6. The molecule has 0 aliphatic heterocycles. The van der Waals surface area contributed by atoms with Crippen LogP contribution < -0.4 is 0 Å². The molecule has 95 heavy (non-hydrogen) atoms. The predicted octanol–water partition coefficient (Wildman–Crippen LogP) is 23.6. The Morgan fingerprint density at radius 3 is 1.29 bits per heavy atom. The van der Waals surface area contributed by atoms with E-state index in [0.29, 0.717) is 11.1 Å². The molecule has 0 spiro atoms. The largest absolute Gasteiger partial charge is 0.693 e. The zero-order chi connectivity index (χ0) is 62.7.